The van der Waals surface area contributed by atoms with E-state index in [-0.39, 0.29) is 0 Å². The monoisotopic (exact) mass is 122 g/mol. The Morgan fingerprint density at radius 3 is 2.12 bits per heavy atom. The van der Waals surface area contributed by atoms with Gasteiger partial charge in [0.1, 0.15) is 12.3 Å². The predicted molar refractivity (Wildman–Crippen MR) is 28.3 cm³/mol. The molecule has 0 aliphatic carbocycles. The van der Waals surface area contributed by atoms with Crippen LogP contribution in [0.1, 0.15) is 13.8 Å². The Bertz CT molecular complexity index is 70.8. The molecule has 0 bridgehead atoms. The highest BCUT2D eigenvalue weighted by Crippen LogP contribution is 2.08. The number of rotatable bonds is 2. The van der Waals surface area contributed by atoms with Crippen molar-refractivity contribution in [3.8, 4) is 0 Å². The first kappa shape index (κ1) is 7.85. The highest BCUT2D eigenvalue weighted by atomic mass is 19.1. The van der Waals surface area contributed by atoms with E-state index in [0.717, 1.165) is 0 Å². The molecule has 2 unspecified atom stereocenters. The fraction of sp³-hybridized carbons (Fsp3) is 1.00. The lowest BCUT2D eigenvalue weighted by atomic mass is 10.0. The lowest BCUT2D eigenvalue weighted by Gasteiger charge is -2.21. The summed E-state index contributed by atoms with van der Waals surface area (Å²) >= 11 is 0. The zero-order valence-corrected chi connectivity index (χ0v) is 5.06. The van der Waals surface area contributed by atoms with Gasteiger partial charge in [-0.15, -0.1) is 0 Å². The molecule has 0 aliphatic rings. The van der Waals surface area contributed by atoms with Gasteiger partial charge in [-0.05, 0) is 13.8 Å². The summed E-state index contributed by atoms with van der Waals surface area (Å²) in [4.78, 5) is 0. The molecule has 2 nitrogen and oxygen atoms in total. The van der Waals surface area contributed by atoms with Crippen LogP contribution >= 0.6 is 0 Å². The Morgan fingerprint density at radius 2 is 2.12 bits per heavy atom. The Kier molecular flexibility index (Phi) is 2.37. The maximum atomic E-state index is 11.6. The summed E-state index contributed by atoms with van der Waals surface area (Å²) in [5.74, 6) is 0. The molecule has 0 radical (unpaired) electrons. The first-order chi connectivity index (χ1) is 3.50. The minimum atomic E-state index is -1.57. The van der Waals surface area contributed by atoms with Gasteiger partial charge in [0, 0.05) is 0 Å². The van der Waals surface area contributed by atoms with Gasteiger partial charge in [-0.1, -0.05) is 0 Å². The largest absolute Gasteiger partial charge is 0.390 e. The first-order valence-electron chi connectivity index (χ1n) is 2.47. The molecule has 0 saturated heterocycles. The topological polar surface area (TPSA) is 40.5 Å². The van der Waals surface area contributed by atoms with E-state index in [2.05, 4.69) is 0 Å². The standard InChI is InChI=1S/C5H11FO2/c1-4(7)5(2,8)3-6/h4,7-8H,3H2,1-2H3. The maximum Gasteiger partial charge on any atom is 0.120 e. The molecule has 0 heterocycles. The van der Waals surface area contributed by atoms with Gasteiger partial charge in [0.05, 0.1) is 6.10 Å². The SMILES string of the molecule is CC(O)C(C)(O)CF. The molecule has 3 heteroatoms. The van der Waals surface area contributed by atoms with Crippen molar-refractivity contribution in [3.63, 3.8) is 0 Å². The van der Waals surface area contributed by atoms with Gasteiger partial charge in [0.25, 0.3) is 0 Å². The summed E-state index contributed by atoms with van der Waals surface area (Å²) in [7, 11) is 0. The number of halogens is 1. The van der Waals surface area contributed by atoms with Crippen molar-refractivity contribution in [2.24, 2.45) is 0 Å². The molecule has 0 fully saturated rings. The highest BCUT2D eigenvalue weighted by molar-refractivity contribution is 4.76. The molecule has 8 heavy (non-hydrogen) atoms. The van der Waals surface area contributed by atoms with Crippen LogP contribution in [0.5, 0.6) is 0 Å². The lowest BCUT2D eigenvalue weighted by Crippen LogP contribution is -2.39. The van der Waals surface area contributed by atoms with Crippen molar-refractivity contribution in [3.05, 3.63) is 0 Å². The Balaban J connectivity index is 3.71. The fourth-order valence-electron chi connectivity index (χ4n) is 0.112. The van der Waals surface area contributed by atoms with Crippen molar-refractivity contribution in [1.82, 2.24) is 0 Å². The Morgan fingerprint density at radius 1 is 1.75 bits per heavy atom. The first-order valence-corrected chi connectivity index (χ1v) is 2.47. The van der Waals surface area contributed by atoms with Crippen LogP contribution in [-0.2, 0) is 0 Å². The van der Waals surface area contributed by atoms with Crippen LogP contribution in [0.3, 0.4) is 0 Å². The molecule has 50 valence electrons. The third-order valence-electron chi connectivity index (χ3n) is 1.17. The zero-order chi connectivity index (χ0) is 6.78. The summed E-state index contributed by atoms with van der Waals surface area (Å²) in [5.41, 5.74) is -1.57. The Labute approximate surface area is 48.0 Å². The van der Waals surface area contributed by atoms with Gasteiger partial charge in [0.15, 0.2) is 0 Å². The smallest absolute Gasteiger partial charge is 0.120 e. The molecule has 0 saturated carbocycles. The number of aliphatic hydroxyl groups excluding tert-OH is 1. The Hall–Kier alpha value is -0.150. The number of aliphatic hydroxyl groups is 2. The summed E-state index contributed by atoms with van der Waals surface area (Å²) in [6.45, 7) is 1.68. The quantitative estimate of drug-likeness (QED) is 0.545. The normalized spacial score (nSPS) is 22.1. The number of hydrogen-bond donors (Lipinski definition) is 2. The van der Waals surface area contributed by atoms with Crippen molar-refractivity contribution < 1.29 is 14.6 Å². The third-order valence-corrected chi connectivity index (χ3v) is 1.17. The van der Waals surface area contributed by atoms with Crippen molar-refractivity contribution >= 4 is 0 Å². The van der Waals surface area contributed by atoms with Crippen LogP contribution in [0.25, 0.3) is 0 Å². The van der Waals surface area contributed by atoms with Crippen LogP contribution < -0.4 is 0 Å². The molecular weight excluding hydrogens is 111 g/mol. The van der Waals surface area contributed by atoms with Crippen LogP contribution in [-0.4, -0.2) is 28.6 Å². The molecule has 0 spiro atoms. The number of hydrogen-bond acceptors (Lipinski definition) is 2. The van der Waals surface area contributed by atoms with E-state index >= 15 is 0 Å². The van der Waals surface area contributed by atoms with Crippen LogP contribution in [0, 0.1) is 0 Å². The van der Waals surface area contributed by atoms with Gasteiger partial charge >= 0.3 is 0 Å². The summed E-state index contributed by atoms with van der Waals surface area (Å²) < 4.78 is 11.6. The van der Waals surface area contributed by atoms with E-state index in [0.29, 0.717) is 0 Å². The molecule has 2 N–H and O–H groups in total. The second-order valence-corrected chi connectivity index (χ2v) is 2.17. The minimum absolute atomic E-state index is 0.912. The van der Waals surface area contributed by atoms with Gasteiger partial charge in [-0.2, -0.15) is 0 Å². The molecule has 0 aromatic heterocycles. The average molecular weight is 122 g/mol. The van der Waals surface area contributed by atoms with Gasteiger partial charge in [0.2, 0.25) is 0 Å². The van der Waals surface area contributed by atoms with Crippen molar-refractivity contribution in [2.45, 2.75) is 25.6 Å². The minimum Gasteiger partial charge on any atom is -0.390 e. The van der Waals surface area contributed by atoms with Crippen LogP contribution in [0.15, 0.2) is 0 Å². The predicted octanol–water partition coefficient (Wildman–Crippen LogP) is 0.0877. The molecule has 0 amide bonds. The van der Waals surface area contributed by atoms with Gasteiger partial charge in [-0.3, -0.25) is 0 Å². The second-order valence-electron chi connectivity index (χ2n) is 2.17. The van der Waals surface area contributed by atoms with E-state index < -0.39 is 18.4 Å². The third kappa shape index (κ3) is 1.76. The molecule has 0 aromatic carbocycles. The molecule has 0 aliphatic heterocycles. The summed E-state index contributed by atoms with van der Waals surface area (Å²) in [6.07, 6.45) is -1.01. The second kappa shape index (κ2) is 2.42. The molecular formula is C5H11FO2. The molecule has 0 aromatic rings. The van der Waals surface area contributed by atoms with Crippen molar-refractivity contribution in [1.29, 1.82) is 0 Å². The molecule has 2 atom stereocenters. The van der Waals surface area contributed by atoms with Gasteiger partial charge < -0.3 is 10.2 Å². The molecule has 0 rings (SSSR count). The van der Waals surface area contributed by atoms with Crippen molar-refractivity contribution in [2.75, 3.05) is 6.67 Å². The average Bonchev–Trinajstić information content (AvgIpc) is 1.67. The van der Waals surface area contributed by atoms with E-state index in [1.165, 1.54) is 13.8 Å². The van der Waals surface area contributed by atoms with E-state index in [9.17, 15) is 4.39 Å². The summed E-state index contributed by atoms with van der Waals surface area (Å²) in [6, 6.07) is 0. The highest BCUT2D eigenvalue weighted by Gasteiger charge is 2.25. The van der Waals surface area contributed by atoms with Crippen LogP contribution in [0.4, 0.5) is 4.39 Å². The van der Waals surface area contributed by atoms with Crippen LogP contribution in [0.2, 0.25) is 0 Å². The fourth-order valence-corrected chi connectivity index (χ4v) is 0.112. The van der Waals surface area contributed by atoms with E-state index in [1.54, 1.807) is 0 Å². The van der Waals surface area contributed by atoms with E-state index in [1.807, 2.05) is 0 Å². The van der Waals surface area contributed by atoms with E-state index in [4.69, 9.17) is 10.2 Å². The van der Waals surface area contributed by atoms with Gasteiger partial charge in [-0.25, -0.2) is 4.39 Å². The maximum absolute atomic E-state index is 11.6. The lowest BCUT2D eigenvalue weighted by molar-refractivity contribution is -0.0659. The summed E-state index contributed by atoms with van der Waals surface area (Å²) in [5, 5.41) is 17.4. The number of alkyl halides is 1. The zero-order valence-electron chi connectivity index (χ0n) is 5.06.